The third kappa shape index (κ3) is 2.75. The molecule has 1 aliphatic rings. The molecule has 6 heteroatoms. The molecule has 0 unspecified atom stereocenters. The van der Waals surface area contributed by atoms with Gasteiger partial charge in [0, 0.05) is 17.9 Å². The van der Waals surface area contributed by atoms with E-state index >= 15 is 0 Å². The lowest BCUT2D eigenvalue weighted by Crippen LogP contribution is -2.28. The number of nitrogens with zero attached hydrogens (tertiary/aromatic N) is 1. The normalized spacial score (nSPS) is 15.8. The molecule has 0 spiro atoms. The summed E-state index contributed by atoms with van der Waals surface area (Å²) in [5, 5.41) is 2.52. The second kappa shape index (κ2) is 4.01. The van der Waals surface area contributed by atoms with Gasteiger partial charge in [-0.3, -0.25) is 9.78 Å². The highest BCUT2D eigenvalue weighted by molar-refractivity contribution is 5.96. The number of carbonyl (C=O) groups is 1. The van der Waals surface area contributed by atoms with Crippen molar-refractivity contribution in [2.24, 2.45) is 0 Å². The quantitative estimate of drug-likeness (QED) is 0.867. The van der Waals surface area contributed by atoms with E-state index in [0.717, 1.165) is 25.1 Å². The fraction of sp³-hybridized carbons (Fsp3) is 0.455. The van der Waals surface area contributed by atoms with E-state index in [9.17, 15) is 18.0 Å². The summed E-state index contributed by atoms with van der Waals surface area (Å²) in [4.78, 5) is 15.4. The fourth-order valence-electron chi connectivity index (χ4n) is 1.47. The number of hydrogen-bond donors (Lipinski definition) is 1. The topological polar surface area (TPSA) is 42.0 Å². The van der Waals surface area contributed by atoms with Crippen LogP contribution in [-0.2, 0) is 6.18 Å². The van der Waals surface area contributed by atoms with Crippen LogP contribution in [0.3, 0.4) is 0 Å². The van der Waals surface area contributed by atoms with Gasteiger partial charge in [-0.1, -0.05) is 0 Å². The predicted molar refractivity (Wildman–Crippen MR) is 54.5 cm³/mol. The number of amides is 1. The molecule has 0 radical (unpaired) electrons. The molecule has 1 fully saturated rings. The largest absolute Gasteiger partial charge is 0.417 e. The lowest BCUT2D eigenvalue weighted by molar-refractivity contribution is -0.138. The summed E-state index contributed by atoms with van der Waals surface area (Å²) in [5.74, 6) is -0.702. The van der Waals surface area contributed by atoms with Crippen LogP contribution in [-0.4, -0.2) is 16.9 Å². The summed E-state index contributed by atoms with van der Waals surface area (Å²) in [6.07, 6.45) is -1.90. The maximum atomic E-state index is 12.7. The molecule has 3 nitrogen and oxygen atoms in total. The van der Waals surface area contributed by atoms with Crippen molar-refractivity contribution >= 4 is 5.91 Å². The number of pyridine rings is 1. The van der Waals surface area contributed by atoms with Crippen molar-refractivity contribution in [2.75, 3.05) is 0 Å². The van der Waals surface area contributed by atoms with Crippen molar-refractivity contribution in [3.8, 4) is 0 Å². The van der Waals surface area contributed by atoms with Gasteiger partial charge in [0.1, 0.15) is 0 Å². The zero-order valence-electron chi connectivity index (χ0n) is 9.14. The Morgan fingerprint density at radius 1 is 1.47 bits per heavy atom. The highest BCUT2D eigenvalue weighted by Crippen LogP contribution is 2.32. The zero-order valence-corrected chi connectivity index (χ0v) is 9.14. The van der Waals surface area contributed by atoms with Gasteiger partial charge in [-0.25, -0.2) is 0 Å². The van der Waals surface area contributed by atoms with E-state index in [1.54, 1.807) is 0 Å². The van der Waals surface area contributed by atoms with Gasteiger partial charge in [-0.2, -0.15) is 13.2 Å². The Morgan fingerprint density at radius 3 is 2.65 bits per heavy atom. The molecule has 1 heterocycles. The van der Waals surface area contributed by atoms with E-state index in [1.165, 1.54) is 6.92 Å². The van der Waals surface area contributed by atoms with E-state index in [2.05, 4.69) is 10.3 Å². The molecule has 1 saturated carbocycles. The first kappa shape index (κ1) is 11.9. The zero-order chi connectivity index (χ0) is 12.6. The molecule has 17 heavy (non-hydrogen) atoms. The third-order valence-electron chi connectivity index (χ3n) is 2.50. The molecule has 1 aromatic rings. The van der Waals surface area contributed by atoms with Gasteiger partial charge in [0.2, 0.25) is 0 Å². The lowest BCUT2D eigenvalue weighted by atomic mass is 10.1. The number of aryl methyl sites for hydroxylation is 1. The van der Waals surface area contributed by atoms with Crippen LogP contribution in [0.15, 0.2) is 12.3 Å². The van der Waals surface area contributed by atoms with Crippen molar-refractivity contribution in [1.82, 2.24) is 10.3 Å². The molecule has 1 aliphatic carbocycles. The summed E-state index contributed by atoms with van der Waals surface area (Å²) >= 11 is 0. The minimum atomic E-state index is -4.54. The Hall–Kier alpha value is -1.59. The summed E-state index contributed by atoms with van der Waals surface area (Å²) < 4.78 is 38.2. The third-order valence-corrected chi connectivity index (χ3v) is 2.50. The highest BCUT2D eigenvalue weighted by Gasteiger charge is 2.36. The van der Waals surface area contributed by atoms with Gasteiger partial charge in [0.15, 0.2) is 0 Å². The van der Waals surface area contributed by atoms with Crippen molar-refractivity contribution in [2.45, 2.75) is 32.0 Å². The summed E-state index contributed by atoms with van der Waals surface area (Å²) in [6.45, 7) is 1.46. The Kier molecular flexibility index (Phi) is 2.81. The first-order valence-electron chi connectivity index (χ1n) is 5.22. The number of alkyl halides is 3. The summed E-state index contributed by atoms with van der Waals surface area (Å²) in [7, 11) is 0. The van der Waals surface area contributed by atoms with Crippen LogP contribution in [0.1, 0.15) is 34.5 Å². The number of rotatable bonds is 2. The van der Waals surface area contributed by atoms with Gasteiger partial charge in [-0.15, -0.1) is 0 Å². The first-order valence-corrected chi connectivity index (χ1v) is 5.22. The predicted octanol–water partition coefficient (Wildman–Crippen LogP) is 2.30. The van der Waals surface area contributed by atoms with Crippen LogP contribution in [0.5, 0.6) is 0 Å². The van der Waals surface area contributed by atoms with Crippen molar-refractivity contribution < 1.29 is 18.0 Å². The van der Waals surface area contributed by atoms with Crippen LogP contribution < -0.4 is 5.32 Å². The number of hydrogen-bond acceptors (Lipinski definition) is 2. The van der Waals surface area contributed by atoms with Crippen molar-refractivity contribution in [1.29, 1.82) is 0 Å². The second-order valence-electron chi connectivity index (χ2n) is 4.12. The molecule has 0 bridgehead atoms. The molecule has 0 aliphatic heterocycles. The van der Waals surface area contributed by atoms with Crippen LogP contribution in [0.25, 0.3) is 0 Å². The fourth-order valence-corrected chi connectivity index (χ4v) is 1.47. The molecule has 2 rings (SSSR count). The van der Waals surface area contributed by atoms with Crippen LogP contribution in [0, 0.1) is 6.92 Å². The molecule has 0 saturated heterocycles. The average Bonchev–Trinajstić information content (AvgIpc) is 3.00. The Balaban J connectivity index is 2.34. The SMILES string of the molecule is Cc1cc(C(F)(F)F)c(C(=O)NC2CC2)cn1. The van der Waals surface area contributed by atoms with E-state index in [0.29, 0.717) is 0 Å². The smallest absolute Gasteiger partial charge is 0.349 e. The summed E-state index contributed by atoms with van der Waals surface area (Å²) in [5.41, 5.74) is -1.10. The van der Waals surface area contributed by atoms with Crippen molar-refractivity contribution in [3.05, 3.63) is 29.1 Å². The van der Waals surface area contributed by atoms with Gasteiger partial charge in [0.25, 0.3) is 5.91 Å². The molecule has 1 N–H and O–H groups in total. The second-order valence-corrected chi connectivity index (χ2v) is 4.12. The van der Waals surface area contributed by atoms with Gasteiger partial charge in [0.05, 0.1) is 11.1 Å². The number of carbonyl (C=O) groups excluding carboxylic acids is 1. The summed E-state index contributed by atoms with van der Waals surface area (Å²) in [6, 6.07) is 0.909. The maximum Gasteiger partial charge on any atom is 0.417 e. The molecular formula is C11H11F3N2O. The molecule has 0 atom stereocenters. The Labute approximate surface area is 96.0 Å². The molecule has 1 amide bonds. The van der Waals surface area contributed by atoms with E-state index in [-0.39, 0.29) is 11.7 Å². The van der Waals surface area contributed by atoms with Gasteiger partial charge >= 0.3 is 6.18 Å². The number of nitrogens with one attached hydrogen (secondary N) is 1. The molecule has 92 valence electrons. The minimum absolute atomic E-state index is 0.0184. The number of aromatic nitrogens is 1. The minimum Gasteiger partial charge on any atom is -0.349 e. The van der Waals surface area contributed by atoms with E-state index < -0.39 is 23.2 Å². The first-order chi connectivity index (χ1) is 7.88. The maximum absolute atomic E-state index is 12.7. The molecule has 1 aromatic heterocycles. The van der Waals surface area contributed by atoms with E-state index in [4.69, 9.17) is 0 Å². The lowest BCUT2D eigenvalue weighted by Gasteiger charge is -2.12. The van der Waals surface area contributed by atoms with Gasteiger partial charge < -0.3 is 5.32 Å². The number of halogens is 3. The van der Waals surface area contributed by atoms with Crippen LogP contribution >= 0.6 is 0 Å². The molecule has 0 aromatic carbocycles. The van der Waals surface area contributed by atoms with Crippen LogP contribution in [0.2, 0.25) is 0 Å². The average molecular weight is 244 g/mol. The standard InChI is InChI=1S/C11H11F3N2O/c1-6-4-9(11(12,13)14)8(5-15-6)10(17)16-7-2-3-7/h4-5,7H,2-3H2,1H3,(H,16,17). The van der Waals surface area contributed by atoms with E-state index in [1.807, 2.05) is 0 Å². The Bertz CT molecular complexity index is 453. The Morgan fingerprint density at radius 2 is 2.12 bits per heavy atom. The highest BCUT2D eigenvalue weighted by atomic mass is 19.4. The van der Waals surface area contributed by atoms with Crippen LogP contribution in [0.4, 0.5) is 13.2 Å². The van der Waals surface area contributed by atoms with Gasteiger partial charge in [-0.05, 0) is 25.8 Å². The monoisotopic (exact) mass is 244 g/mol. The molecular weight excluding hydrogens is 233 g/mol. The van der Waals surface area contributed by atoms with Crippen molar-refractivity contribution in [3.63, 3.8) is 0 Å².